The minimum atomic E-state index is -4.04. The molecule has 1 aliphatic rings. The number of carbonyl (C=O) groups is 1. The summed E-state index contributed by atoms with van der Waals surface area (Å²) in [6.07, 6.45) is 9.40. The molecule has 3 aromatic rings. The monoisotopic (exact) mass is 559 g/mol. The standard InChI is InChI=1S/C27H37N5O4S2/c1-20-18-27(2,3)31(19-20)25-22(26(33)30-38(34,35)21-10-8-7-9-11-21)12-13-23(28-25)32-15-14-24(29-32)36-16-17-37(4,5)6/h7-15,20H,16-19H2,1-6H3,(H,30,33)/t20-/m0/s1. The van der Waals surface area contributed by atoms with Crippen LogP contribution in [0.15, 0.2) is 59.6 Å². The Hall–Kier alpha value is -3.05. The van der Waals surface area contributed by atoms with Crippen molar-refractivity contribution >= 4 is 31.8 Å². The maximum Gasteiger partial charge on any atom is 0.268 e. The Morgan fingerprint density at radius 3 is 2.45 bits per heavy atom. The minimum absolute atomic E-state index is 0.0201. The third-order valence-corrected chi connectivity index (χ3v) is 9.20. The number of ether oxygens (including phenoxy) is 1. The number of nitrogens with zero attached hydrogens (tertiary/aromatic N) is 4. The van der Waals surface area contributed by atoms with Crippen LogP contribution in [-0.2, 0) is 10.0 Å². The highest BCUT2D eigenvalue weighted by Gasteiger charge is 2.39. The Kier molecular flexibility index (Phi) is 7.81. The summed E-state index contributed by atoms with van der Waals surface area (Å²) in [5, 5.41) is 4.52. The Morgan fingerprint density at radius 1 is 1.11 bits per heavy atom. The van der Waals surface area contributed by atoms with Gasteiger partial charge in [-0.2, -0.15) is 0 Å². The van der Waals surface area contributed by atoms with Gasteiger partial charge in [-0.15, -0.1) is 5.10 Å². The van der Waals surface area contributed by atoms with Crippen LogP contribution in [0.25, 0.3) is 5.82 Å². The van der Waals surface area contributed by atoms with E-state index in [0.717, 1.165) is 12.2 Å². The fourth-order valence-electron chi connectivity index (χ4n) is 4.65. The van der Waals surface area contributed by atoms with Gasteiger partial charge in [-0.3, -0.25) is 4.79 Å². The fourth-order valence-corrected chi connectivity index (χ4v) is 6.22. The van der Waals surface area contributed by atoms with Crippen molar-refractivity contribution in [1.82, 2.24) is 19.5 Å². The van der Waals surface area contributed by atoms with E-state index in [9.17, 15) is 13.2 Å². The highest BCUT2D eigenvalue weighted by Crippen LogP contribution is 2.38. The molecule has 3 heterocycles. The van der Waals surface area contributed by atoms with E-state index >= 15 is 0 Å². The zero-order valence-corrected chi connectivity index (χ0v) is 24.5. The Bertz CT molecular complexity index is 1400. The predicted molar refractivity (Wildman–Crippen MR) is 153 cm³/mol. The van der Waals surface area contributed by atoms with Crippen LogP contribution in [0.4, 0.5) is 5.82 Å². The topological polar surface area (TPSA) is 106 Å². The van der Waals surface area contributed by atoms with E-state index in [4.69, 9.17) is 9.72 Å². The van der Waals surface area contributed by atoms with E-state index < -0.39 is 26.0 Å². The van der Waals surface area contributed by atoms with Crippen molar-refractivity contribution in [2.45, 2.75) is 37.6 Å². The third kappa shape index (κ3) is 6.50. The van der Waals surface area contributed by atoms with Crippen LogP contribution in [0.2, 0.25) is 0 Å². The molecule has 1 aliphatic heterocycles. The lowest BCUT2D eigenvalue weighted by Crippen LogP contribution is -2.41. The van der Waals surface area contributed by atoms with Crippen LogP contribution in [0, 0.1) is 5.92 Å². The fraction of sp³-hybridized carbons (Fsp3) is 0.444. The smallest absolute Gasteiger partial charge is 0.268 e. The molecule has 1 saturated heterocycles. The van der Waals surface area contributed by atoms with Gasteiger partial charge in [0, 0.05) is 30.1 Å². The number of rotatable bonds is 9. The Morgan fingerprint density at radius 2 is 1.82 bits per heavy atom. The van der Waals surface area contributed by atoms with E-state index in [1.807, 2.05) is 0 Å². The Balaban J connectivity index is 1.66. The van der Waals surface area contributed by atoms with Crippen molar-refractivity contribution in [2.24, 2.45) is 5.92 Å². The molecule has 1 aromatic carbocycles. The molecule has 0 radical (unpaired) electrons. The Labute approximate surface area is 227 Å². The quantitative estimate of drug-likeness (QED) is 0.421. The van der Waals surface area contributed by atoms with Gasteiger partial charge in [-0.1, -0.05) is 25.1 Å². The third-order valence-electron chi connectivity index (χ3n) is 6.46. The van der Waals surface area contributed by atoms with Gasteiger partial charge in [0.05, 0.1) is 17.1 Å². The summed E-state index contributed by atoms with van der Waals surface area (Å²) >= 11 is 0. The molecule has 0 aliphatic carbocycles. The summed E-state index contributed by atoms with van der Waals surface area (Å²) in [5.74, 6) is 2.06. The van der Waals surface area contributed by atoms with E-state index in [1.165, 1.54) is 12.1 Å². The summed E-state index contributed by atoms with van der Waals surface area (Å²) in [7, 11) is -4.72. The maximum absolute atomic E-state index is 13.4. The lowest BCUT2D eigenvalue weighted by atomic mass is 9.97. The molecular weight excluding hydrogens is 522 g/mol. The number of pyridine rings is 1. The van der Waals surface area contributed by atoms with Gasteiger partial charge in [0.15, 0.2) is 5.82 Å². The molecule has 4 rings (SSSR count). The highest BCUT2D eigenvalue weighted by molar-refractivity contribution is 8.32. The molecule has 1 N–H and O–H groups in total. The van der Waals surface area contributed by atoms with Crippen molar-refractivity contribution in [3.8, 4) is 11.7 Å². The van der Waals surface area contributed by atoms with Crippen LogP contribution in [-0.4, -0.2) is 72.3 Å². The first kappa shape index (κ1) is 28.0. The van der Waals surface area contributed by atoms with Crippen LogP contribution < -0.4 is 14.4 Å². The number of benzene rings is 1. The molecule has 11 heteroatoms. The second-order valence-electron chi connectivity index (χ2n) is 11.3. The van der Waals surface area contributed by atoms with Gasteiger partial charge in [-0.05, 0) is 69.2 Å². The average Bonchev–Trinajstić information content (AvgIpc) is 3.41. The van der Waals surface area contributed by atoms with Gasteiger partial charge < -0.3 is 9.64 Å². The van der Waals surface area contributed by atoms with Gasteiger partial charge in [0.2, 0.25) is 5.88 Å². The second-order valence-corrected chi connectivity index (χ2v) is 17.5. The number of amides is 1. The molecule has 1 atom stereocenters. The van der Waals surface area contributed by atoms with E-state index in [1.54, 1.807) is 47.3 Å². The number of anilines is 1. The summed E-state index contributed by atoms with van der Waals surface area (Å²) in [4.78, 5) is 20.3. The maximum atomic E-state index is 13.4. The number of aromatic nitrogens is 3. The number of hydrogen-bond donors (Lipinski definition) is 1. The van der Waals surface area contributed by atoms with Crippen molar-refractivity contribution < 1.29 is 17.9 Å². The molecule has 0 saturated carbocycles. The van der Waals surface area contributed by atoms with E-state index in [2.05, 4.69) is 54.3 Å². The van der Waals surface area contributed by atoms with Crippen molar-refractivity contribution in [2.75, 3.05) is 42.6 Å². The molecule has 9 nitrogen and oxygen atoms in total. The molecular formula is C27H37N5O4S2. The molecule has 0 unspecified atom stereocenters. The van der Waals surface area contributed by atoms with Gasteiger partial charge in [0.25, 0.3) is 15.9 Å². The van der Waals surface area contributed by atoms with Crippen molar-refractivity contribution in [1.29, 1.82) is 0 Å². The van der Waals surface area contributed by atoms with Gasteiger partial charge >= 0.3 is 0 Å². The summed E-state index contributed by atoms with van der Waals surface area (Å²) in [6, 6.07) is 12.9. The van der Waals surface area contributed by atoms with Gasteiger partial charge in [-0.25, -0.2) is 32.8 Å². The molecule has 38 heavy (non-hydrogen) atoms. The second kappa shape index (κ2) is 10.6. The number of carbonyl (C=O) groups excluding carboxylic acids is 1. The summed E-state index contributed by atoms with van der Waals surface area (Å²) < 4.78 is 35.4. The minimum Gasteiger partial charge on any atom is -0.476 e. The first-order valence-electron chi connectivity index (χ1n) is 12.5. The zero-order chi connectivity index (χ0) is 27.7. The van der Waals surface area contributed by atoms with E-state index in [-0.39, 0.29) is 16.0 Å². The molecule has 1 fully saturated rings. The van der Waals surface area contributed by atoms with Crippen LogP contribution in [0.1, 0.15) is 37.6 Å². The summed E-state index contributed by atoms with van der Waals surface area (Å²) in [6.45, 7) is 7.64. The molecule has 206 valence electrons. The first-order valence-corrected chi connectivity index (χ1v) is 17.0. The van der Waals surface area contributed by atoms with Crippen LogP contribution >= 0.6 is 10.0 Å². The normalized spacial score (nSPS) is 17.8. The highest BCUT2D eigenvalue weighted by atomic mass is 32.3. The predicted octanol–water partition coefficient (Wildman–Crippen LogP) is 4.08. The van der Waals surface area contributed by atoms with Crippen LogP contribution in [0.3, 0.4) is 0 Å². The zero-order valence-electron chi connectivity index (χ0n) is 22.8. The molecule has 2 aromatic heterocycles. The first-order chi connectivity index (χ1) is 17.7. The molecule has 0 spiro atoms. The van der Waals surface area contributed by atoms with Crippen molar-refractivity contribution in [3.63, 3.8) is 0 Å². The van der Waals surface area contributed by atoms with Crippen molar-refractivity contribution in [3.05, 3.63) is 60.3 Å². The number of hydrogen-bond acceptors (Lipinski definition) is 7. The lowest BCUT2D eigenvalue weighted by Gasteiger charge is -2.34. The molecule has 0 bridgehead atoms. The van der Waals surface area contributed by atoms with Crippen LogP contribution in [0.5, 0.6) is 5.88 Å². The SMILES string of the molecule is C[C@@H]1CN(c2nc(-n3ccc(OCCS(C)(C)C)n3)ccc2C(=O)NS(=O)(=O)c2ccccc2)C(C)(C)C1. The number of sulfonamides is 1. The van der Waals surface area contributed by atoms with E-state index in [0.29, 0.717) is 36.6 Å². The lowest BCUT2D eigenvalue weighted by molar-refractivity contribution is 0.0981. The average molecular weight is 560 g/mol. The largest absolute Gasteiger partial charge is 0.476 e. The molecule has 1 amide bonds. The van der Waals surface area contributed by atoms with Gasteiger partial charge in [0.1, 0.15) is 5.82 Å². The summed E-state index contributed by atoms with van der Waals surface area (Å²) in [5.41, 5.74) is -0.0845. The number of nitrogens with one attached hydrogen (secondary N) is 1.